The molecule has 4 nitrogen and oxygen atoms in total. The predicted octanol–water partition coefficient (Wildman–Crippen LogP) is 2.07. The van der Waals surface area contributed by atoms with E-state index in [1.165, 1.54) is 4.31 Å². The standard InChI is InChI=1S/C14H24N2O2S/c1-6-15-10-13(4)19(17,18)16(5)14-8-7-11(2)9-12(14)3/h7-9,13,15H,6,10H2,1-5H3. The summed E-state index contributed by atoms with van der Waals surface area (Å²) in [6.45, 7) is 8.87. The van der Waals surface area contributed by atoms with Crippen LogP contribution in [0.15, 0.2) is 18.2 Å². The Morgan fingerprint density at radius 1 is 1.32 bits per heavy atom. The SMILES string of the molecule is CCNCC(C)S(=O)(=O)N(C)c1ccc(C)cc1C. The second-order valence-corrected chi connectivity index (χ2v) is 7.30. The molecule has 0 spiro atoms. The average Bonchev–Trinajstić information content (AvgIpc) is 2.35. The molecule has 0 heterocycles. The van der Waals surface area contributed by atoms with E-state index in [4.69, 9.17) is 0 Å². The lowest BCUT2D eigenvalue weighted by Gasteiger charge is -2.25. The number of sulfonamides is 1. The second-order valence-electron chi connectivity index (χ2n) is 4.92. The van der Waals surface area contributed by atoms with Crippen molar-refractivity contribution in [2.75, 3.05) is 24.4 Å². The number of rotatable bonds is 6. The molecule has 0 aromatic heterocycles. The van der Waals surface area contributed by atoms with Gasteiger partial charge in [0.15, 0.2) is 0 Å². The van der Waals surface area contributed by atoms with Crippen molar-refractivity contribution in [3.8, 4) is 0 Å². The minimum absolute atomic E-state index is 0.446. The average molecular weight is 284 g/mol. The Labute approximate surface area is 116 Å². The molecule has 19 heavy (non-hydrogen) atoms. The van der Waals surface area contributed by atoms with E-state index in [0.29, 0.717) is 6.54 Å². The fourth-order valence-electron chi connectivity index (χ4n) is 2.02. The highest BCUT2D eigenvalue weighted by Crippen LogP contribution is 2.24. The molecule has 0 bridgehead atoms. The summed E-state index contributed by atoms with van der Waals surface area (Å²) in [6.07, 6.45) is 0. The predicted molar refractivity (Wildman–Crippen MR) is 81.2 cm³/mol. The zero-order valence-electron chi connectivity index (χ0n) is 12.4. The van der Waals surface area contributed by atoms with Crippen molar-refractivity contribution >= 4 is 15.7 Å². The van der Waals surface area contributed by atoms with Gasteiger partial charge >= 0.3 is 0 Å². The summed E-state index contributed by atoms with van der Waals surface area (Å²) in [6, 6.07) is 5.79. The van der Waals surface area contributed by atoms with Gasteiger partial charge in [0.05, 0.1) is 10.9 Å². The maximum atomic E-state index is 12.5. The van der Waals surface area contributed by atoms with Gasteiger partial charge in [-0.2, -0.15) is 0 Å². The Morgan fingerprint density at radius 2 is 1.95 bits per heavy atom. The van der Waals surface area contributed by atoms with E-state index in [1.807, 2.05) is 39.0 Å². The fraction of sp³-hybridized carbons (Fsp3) is 0.571. The first-order valence-electron chi connectivity index (χ1n) is 6.56. The highest BCUT2D eigenvalue weighted by atomic mass is 32.2. The van der Waals surface area contributed by atoms with E-state index in [1.54, 1.807) is 14.0 Å². The van der Waals surface area contributed by atoms with Gasteiger partial charge in [-0.1, -0.05) is 24.6 Å². The highest BCUT2D eigenvalue weighted by molar-refractivity contribution is 7.93. The van der Waals surface area contributed by atoms with Crippen molar-refractivity contribution in [1.82, 2.24) is 5.32 Å². The summed E-state index contributed by atoms with van der Waals surface area (Å²) < 4.78 is 26.3. The Kier molecular flexibility index (Phi) is 5.38. The van der Waals surface area contributed by atoms with Crippen LogP contribution >= 0.6 is 0 Å². The van der Waals surface area contributed by atoms with E-state index in [0.717, 1.165) is 23.4 Å². The molecule has 108 valence electrons. The van der Waals surface area contributed by atoms with Crippen LogP contribution in [0.4, 0.5) is 5.69 Å². The van der Waals surface area contributed by atoms with Crippen molar-refractivity contribution < 1.29 is 8.42 Å². The van der Waals surface area contributed by atoms with Gasteiger partial charge in [-0.3, -0.25) is 4.31 Å². The first-order chi connectivity index (χ1) is 8.80. The van der Waals surface area contributed by atoms with Gasteiger partial charge in [0, 0.05) is 13.6 Å². The number of hydrogen-bond donors (Lipinski definition) is 1. The van der Waals surface area contributed by atoms with E-state index >= 15 is 0 Å². The zero-order valence-corrected chi connectivity index (χ0v) is 13.2. The van der Waals surface area contributed by atoms with Crippen LogP contribution in [0.25, 0.3) is 0 Å². The minimum Gasteiger partial charge on any atom is -0.316 e. The molecule has 5 heteroatoms. The molecule has 0 radical (unpaired) electrons. The van der Waals surface area contributed by atoms with Crippen LogP contribution in [0.2, 0.25) is 0 Å². The first kappa shape index (κ1) is 16.0. The van der Waals surface area contributed by atoms with Crippen molar-refractivity contribution in [3.63, 3.8) is 0 Å². The summed E-state index contributed by atoms with van der Waals surface area (Å²) in [5, 5.41) is 2.63. The van der Waals surface area contributed by atoms with Gasteiger partial charge in [-0.15, -0.1) is 0 Å². The Morgan fingerprint density at radius 3 is 2.47 bits per heavy atom. The van der Waals surface area contributed by atoms with Gasteiger partial charge in [0.1, 0.15) is 0 Å². The van der Waals surface area contributed by atoms with Crippen LogP contribution in [-0.4, -0.2) is 33.8 Å². The molecule has 1 rings (SSSR count). The van der Waals surface area contributed by atoms with Crippen molar-refractivity contribution in [2.45, 2.75) is 32.9 Å². The minimum atomic E-state index is -3.33. The molecule has 0 aliphatic carbocycles. The van der Waals surface area contributed by atoms with Crippen LogP contribution < -0.4 is 9.62 Å². The van der Waals surface area contributed by atoms with Crippen LogP contribution in [-0.2, 0) is 10.0 Å². The first-order valence-corrected chi connectivity index (χ1v) is 8.06. The van der Waals surface area contributed by atoms with Gasteiger partial charge in [-0.05, 0) is 38.9 Å². The summed E-state index contributed by atoms with van der Waals surface area (Å²) in [4.78, 5) is 0. The molecular weight excluding hydrogens is 260 g/mol. The molecule has 0 saturated carbocycles. The van der Waals surface area contributed by atoms with Crippen molar-refractivity contribution in [2.24, 2.45) is 0 Å². The van der Waals surface area contributed by atoms with Gasteiger partial charge in [0.25, 0.3) is 0 Å². The Bertz CT molecular complexity index is 526. The van der Waals surface area contributed by atoms with Crippen molar-refractivity contribution in [3.05, 3.63) is 29.3 Å². The lowest BCUT2D eigenvalue weighted by Crippen LogP contribution is -2.40. The number of benzene rings is 1. The third-order valence-electron chi connectivity index (χ3n) is 3.26. The highest BCUT2D eigenvalue weighted by Gasteiger charge is 2.26. The summed E-state index contributed by atoms with van der Waals surface area (Å²) in [7, 11) is -1.71. The molecule has 0 amide bonds. The van der Waals surface area contributed by atoms with Gasteiger partial charge in [-0.25, -0.2) is 8.42 Å². The van der Waals surface area contributed by atoms with Crippen LogP contribution in [0.3, 0.4) is 0 Å². The zero-order chi connectivity index (χ0) is 14.6. The summed E-state index contributed by atoms with van der Waals surface area (Å²) in [5.74, 6) is 0. The fourth-order valence-corrected chi connectivity index (χ4v) is 3.37. The smallest absolute Gasteiger partial charge is 0.238 e. The number of nitrogens with one attached hydrogen (secondary N) is 1. The molecule has 0 fully saturated rings. The molecule has 1 N–H and O–H groups in total. The molecular formula is C14H24N2O2S. The Balaban J connectivity index is 3.00. The van der Waals surface area contributed by atoms with Crippen LogP contribution in [0.1, 0.15) is 25.0 Å². The third-order valence-corrected chi connectivity index (χ3v) is 5.41. The Hall–Kier alpha value is -1.07. The topological polar surface area (TPSA) is 49.4 Å². The van der Waals surface area contributed by atoms with Gasteiger partial charge < -0.3 is 5.32 Å². The maximum Gasteiger partial charge on any atom is 0.238 e. The number of anilines is 1. The lowest BCUT2D eigenvalue weighted by molar-refractivity contribution is 0.572. The van der Waals surface area contributed by atoms with E-state index in [-0.39, 0.29) is 0 Å². The number of hydrogen-bond acceptors (Lipinski definition) is 3. The molecule has 1 unspecified atom stereocenters. The van der Waals surface area contributed by atoms with Crippen molar-refractivity contribution in [1.29, 1.82) is 0 Å². The summed E-state index contributed by atoms with van der Waals surface area (Å²) in [5.41, 5.74) is 2.85. The monoisotopic (exact) mass is 284 g/mol. The normalized spacial score (nSPS) is 13.3. The maximum absolute atomic E-state index is 12.5. The molecule has 0 aliphatic heterocycles. The molecule has 1 atom stereocenters. The van der Waals surface area contributed by atoms with Crippen LogP contribution in [0.5, 0.6) is 0 Å². The largest absolute Gasteiger partial charge is 0.316 e. The lowest BCUT2D eigenvalue weighted by atomic mass is 10.1. The van der Waals surface area contributed by atoms with Crippen LogP contribution in [0, 0.1) is 13.8 Å². The second kappa shape index (κ2) is 6.39. The quantitative estimate of drug-likeness (QED) is 0.870. The molecule has 0 aliphatic rings. The number of aryl methyl sites for hydroxylation is 2. The van der Waals surface area contributed by atoms with E-state index in [9.17, 15) is 8.42 Å². The number of nitrogens with zero attached hydrogens (tertiary/aromatic N) is 1. The van der Waals surface area contributed by atoms with Gasteiger partial charge in [0.2, 0.25) is 10.0 Å². The molecule has 1 aromatic carbocycles. The molecule has 0 saturated heterocycles. The van der Waals surface area contributed by atoms with E-state index < -0.39 is 15.3 Å². The molecule has 1 aromatic rings. The summed E-state index contributed by atoms with van der Waals surface area (Å²) >= 11 is 0. The van der Waals surface area contributed by atoms with E-state index in [2.05, 4.69) is 5.32 Å². The third kappa shape index (κ3) is 3.70.